The molecule has 4 aromatic rings. The van der Waals surface area contributed by atoms with Crippen LogP contribution in [-0.2, 0) is 6.54 Å². The number of nitrogens with two attached hydrogens (primary N) is 1. The van der Waals surface area contributed by atoms with Crippen LogP contribution in [0.2, 0.25) is 0 Å². The summed E-state index contributed by atoms with van der Waals surface area (Å²) in [5.74, 6) is 1.20. The molecule has 1 aromatic carbocycles. The van der Waals surface area contributed by atoms with Gasteiger partial charge in [0.1, 0.15) is 12.1 Å². The molecule has 0 unspecified atom stereocenters. The van der Waals surface area contributed by atoms with Gasteiger partial charge in [0.15, 0.2) is 22.1 Å². The number of nitrogens with zero attached hydrogens (tertiary/aromatic N) is 4. The van der Waals surface area contributed by atoms with Gasteiger partial charge in [-0.2, -0.15) is 11.3 Å². The molecule has 0 fully saturated rings. The van der Waals surface area contributed by atoms with Crippen LogP contribution in [0, 0.1) is 5.41 Å². The fourth-order valence-electron chi connectivity index (χ4n) is 3.34. The van der Waals surface area contributed by atoms with E-state index in [0.717, 1.165) is 46.6 Å². The second-order valence-corrected chi connectivity index (χ2v) is 10.5. The highest BCUT2D eigenvalue weighted by atomic mass is 32.2. The number of thiophene rings is 1. The smallest absolute Gasteiger partial charge is 0.175 e. The van der Waals surface area contributed by atoms with Crippen LogP contribution in [-0.4, -0.2) is 39.7 Å². The summed E-state index contributed by atoms with van der Waals surface area (Å²) in [6, 6.07) is 8.25. The Hall–Kier alpha value is -2.62. The fourth-order valence-corrected chi connectivity index (χ4v) is 5.08. The van der Waals surface area contributed by atoms with Crippen molar-refractivity contribution < 1.29 is 4.74 Å². The molecule has 0 radical (unpaired) electrons. The number of ether oxygens (including phenoxy) is 1. The number of imidazole rings is 1. The molecule has 3 aromatic heterocycles. The van der Waals surface area contributed by atoms with Crippen LogP contribution < -0.4 is 15.8 Å². The summed E-state index contributed by atoms with van der Waals surface area (Å²) < 4.78 is 7.61. The van der Waals surface area contributed by atoms with Crippen LogP contribution in [0.25, 0.3) is 22.3 Å². The molecule has 3 N–H and O–H groups in total. The Morgan fingerprint density at radius 2 is 2.06 bits per heavy atom. The molecule has 0 saturated carbocycles. The third kappa shape index (κ3) is 5.06. The minimum absolute atomic E-state index is 0.219. The lowest BCUT2D eigenvalue weighted by atomic mass is 9.97. The van der Waals surface area contributed by atoms with E-state index in [-0.39, 0.29) is 5.41 Å². The Bertz CT molecular complexity index is 1200. The largest absolute Gasteiger partial charge is 0.497 e. The first-order valence-electron chi connectivity index (χ1n) is 10.4. The van der Waals surface area contributed by atoms with Crippen molar-refractivity contribution in [1.82, 2.24) is 24.8 Å². The molecule has 0 atom stereocenters. The molecule has 0 spiro atoms. The summed E-state index contributed by atoms with van der Waals surface area (Å²) in [4.78, 5) is 14.5. The molecular formula is C23H28N6OS2. The number of anilines is 1. The van der Waals surface area contributed by atoms with E-state index in [1.54, 1.807) is 30.2 Å². The minimum Gasteiger partial charge on any atom is -0.497 e. The van der Waals surface area contributed by atoms with E-state index < -0.39 is 0 Å². The summed E-state index contributed by atoms with van der Waals surface area (Å²) in [5, 5.41) is 8.59. The molecule has 4 rings (SSSR count). The number of fused-ring (bicyclic) bond motifs is 1. The van der Waals surface area contributed by atoms with Gasteiger partial charge in [0.25, 0.3) is 0 Å². The molecule has 0 saturated heterocycles. The third-order valence-electron chi connectivity index (χ3n) is 4.92. The fraction of sp³-hybridized carbons (Fsp3) is 0.348. The van der Waals surface area contributed by atoms with E-state index in [0.29, 0.717) is 11.3 Å². The zero-order chi connectivity index (χ0) is 22.7. The van der Waals surface area contributed by atoms with Gasteiger partial charge in [0, 0.05) is 24.5 Å². The van der Waals surface area contributed by atoms with E-state index in [1.807, 2.05) is 12.1 Å². The highest BCUT2D eigenvalue weighted by Crippen LogP contribution is 2.39. The van der Waals surface area contributed by atoms with Crippen molar-refractivity contribution in [3.63, 3.8) is 0 Å². The highest BCUT2D eigenvalue weighted by molar-refractivity contribution is 7.99. The first-order chi connectivity index (χ1) is 15.4. The first kappa shape index (κ1) is 22.6. The molecule has 0 aliphatic heterocycles. The molecule has 7 nitrogen and oxygen atoms in total. The van der Waals surface area contributed by atoms with Gasteiger partial charge in [-0.1, -0.05) is 32.5 Å². The summed E-state index contributed by atoms with van der Waals surface area (Å²) in [6.07, 6.45) is 1.50. The van der Waals surface area contributed by atoms with Crippen molar-refractivity contribution >= 4 is 40.1 Å². The molecule has 0 bridgehead atoms. The molecule has 0 aliphatic rings. The first-order valence-corrected chi connectivity index (χ1v) is 12.2. The van der Waals surface area contributed by atoms with Gasteiger partial charge in [-0.25, -0.2) is 15.0 Å². The monoisotopic (exact) mass is 468 g/mol. The van der Waals surface area contributed by atoms with Crippen molar-refractivity contribution in [2.75, 3.05) is 25.9 Å². The van der Waals surface area contributed by atoms with Gasteiger partial charge in [-0.05, 0) is 51.6 Å². The number of methoxy groups -OCH3 is 1. The lowest BCUT2D eigenvalue weighted by molar-refractivity contribution is 0.375. The molecule has 168 valence electrons. The predicted octanol–water partition coefficient (Wildman–Crippen LogP) is 4.93. The van der Waals surface area contributed by atoms with Crippen molar-refractivity contribution in [3.05, 3.63) is 41.4 Å². The van der Waals surface area contributed by atoms with E-state index in [1.165, 1.54) is 11.9 Å². The van der Waals surface area contributed by atoms with Crippen molar-refractivity contribution in [1.29, 1.82) is 0 Å². The molecule has 32 heavy (non-hydrogen) atoms. The maximum atomic E-state index is 6.13. The van der Waals surface area contributed by atoms with Gasteiger partial charge >= 0.3 is 0 Å². The Balaban J connectivity index is 1.71. The van der Waals surface area contributed by atoms with E-state index in [2.05, 4.69) is 63.5 Å². The number of hydrogen-bond donors (Lipinski definition) is 2. The molecule has 0 amide bonds. The zero-order valence-corrected chi connectivity index (χ0v) is 20.4. The zero-order valence-electron chi connectivity index (χ0n) is 18.8. The van der Waals surface area contributed by atoms with Crippen LogP contribution in [0.15, 0.2) is 51.4 Å². The van der Waals surface area contributed by atoms with Gasteiger partial charge in [-0.15, -0.1) is 0 Å². The van der Waals surface area contributed by atoms with Crippen molar-refractivity contribution in [2.45, 2.75) is 37.4 Å². The quantitative estimate of drug-likeness (QED) is 0.354. The van der Waals surface area contributed by atoms with Crippen LogP contribution in [0.1, 0.15) is 20.8 Å². The number of hydrogen-bond acceptors (Lipinski definition) is 8. The number of nitrogens with one attached hydrogen (secondary N) is 1. The Morgan fingerprint density at radius 3 is 2.78 bits per heavy atom. The van der Waals surface area contributed by atoms with Gasteiger partial charge in [0.05, 0.1) is 7.11 Å². The average molecular weight is 469 g/mol. The maximum Gasteiger partial charge on any atom is 0.175 e. The number of nitrogen functional groups attached to an aromatic ring is 1. The number of rotatable bonds is 8. The molecule has 9 heteroatoms. The van der Waals surface area contributed by atoms with Gasteiger partial charge in [-0.3, -0.25) is 0 Å². The Morgan fingerprint density at radius 1 is 1.22 bits per heavy atom. The standard InChI is InChI=1S/C23H28N6OS2/c1-23(2,3)13-25-8-9-29-21-19(20(24)26-14-27-21)28-22(29)32-18-11-16(30-4)5-6-17(18)15-7-10-31-12-15/h5-7,10-12,14,25H,8-9,13H2,1-4H3,(H2,24,26,27). The van der Waals surface area contributed by atoms with Gasteiger partial charge < -0.3 is 20.4 Å². The summed E-state index contributed by atoms with van der Waals surface area (Å²) >= 11 is 3.27. The van der Waals surface area contributed by atoms with E-state index in [9.17, 15) is 0 Å². The summed E-state index contributed by atoms with van der Waals surface area (Å²) in [7, 11) is 1.68. The summed E-state index contributed by atoms with van der Waals surface area (Å²) in [5.41, 5.74) is 10.0. The topological polar surface area (TPSA) is 90.9 Å². The molecule has 3 heterocycles. The van der Waals surface area contributed by atoms with E-state index >= 15 is 0 Å². The van der Waals surface area contributed by atoms with Crippen LogP contribution >= 0.6 is 23.1 Å². The predicted molar refractivity (Wildman–Crippen MR) is 132 cm³/mol. The SMILES string of the molecule is COc1ccc(-c2ccsc2)c(Sc2nc3c(N)ncnc3n2CCNCC(C)(C)C)c1. The van der Waals surface area contributed by atoms with Crippen LogP contribution in [0.4, 0.5) is 5.82 Å². The number of aromatic nitrogens is 4. The Kier molecular flexibility index (Phi) is 6.68. The minimum atomic E-state index is 0.219. The van der Waals surface area contributed by atoms with Crippen molar-refractivity contribution in [3.8, 4) is 16.9 Å². The van der Waals surface area contributed by atoms with Gasteiger partial charge in [0.2, 0.25) is 0 Å². The third-order valence-corrected chi connectivity index (χ3v) is 6.65. The van der Waals surface area contributed by atoms with E-state index in [4.69, 9.17) is 15.5 Å². The lowest BCUT2D eigenvalue weighted by Gasteiger charge is -2.19. The second-order valence-electron chi connectivity index (χ2n) is 8.69. The Labute approximate surface area is 196 Å². The second kappa shape index (κ2) is 9.48. The lowest BCUT2D eigenvalue weighted by Crippen LogP contribution is -2.29. The van der Waals surface area contributed by atoms with Crippen molar-refractivity contribution in [2.24, 2.45) is 5.41 Å². The highest BCUT2D eigenvalue weighted by Gasteiger charge is 2.18. The normalized spacial score (nSPS) is 11.9. The number of benzene rings is 1. The average Bonchev–Trinajstić information content (AvgIpc) is 3.40. The summed E-state index contributed by atoms with van der Waals surface area (Å²) in [6.45, 7) is 9.11. The molecular weight excluding hydrogens is 440 g/mol. The van der Waals surface area contributed by atoms with Crippen LogP contribution in [0.3, 0.4) is 0 Å². The maximum absolute atomic E-state index is 6.13. The molecule has 0 aliphatic carbocycles. The van der Waals surface area contributed by atoms with Crippen LogP contribution in [0.5, 0.6) is 5.75 Å².